The minimum Gasteiger partial charge on any atom is -0.495 e. The second-order valence-electron chi connectivity index (χ2n) is 6.88. The molecule has 1 aromatic heterocycles. The monoisotopic (exact) mass is 503 g/mol. The maximum absolute atomic E-state index is 5.51. The second-order valence-corrected chi connectivity index (χ2v) is 6.88. The molecule has 0 aliphatic carbocycles. The summed E-state index contributed by atoms with van der Waals surface area (Å²) in [7, 11) is 1.74. The molecule has 0 radical (unpaired) electrons. The Morgan fingerprint density at radius 2 is 1.41 bits per heavy atom. The fourth-order valence-electron chi connectivity index (χ4n) is 3.66. The summed E-state index contributed by atoms with van der Waals surface area (Å²) in [6, 6.07) is 21.0. The Hall–Kier alpha value is -2.06. The molecule has 1 fully saturated rings. The van der Waals surface area contributed by atoms with Crippen LogP contribution in [0.3, 0.4) is 0 Å². The predicted octanol–water partition coefficient (Wildman–Crippen LogP) is 3.70. The predicted molar refractivity (Wildman–Crippen MR) is 139 cm³/mol. The van der Waals surface area contributed by atoms with Crippen LogP contribution in [-0.4, -0.2) is 54.1 Å². The zero-order valence-electron chi connectivity index (χ0n) is 17.9. The van der Waals surface area contributed by atoms with E-state index in [0.717, 1.165) is 38.5 Å². The summed E-state index contributed by atoms with van der Waals surface area (Å²) < 4.78 is 5.51. The van der Waals surface area contributed by atoms with Crippen molar-refractivity contribution in [3.63, 3.8) is 0 Å². The van der Waals surface area contributed by atoms with Gasteiger partial charge in [-0.2, -0.15) is 0 Å². The highest BCUT2D eigenvalue weighted by atomic mass is 35.5. The largest absolute Gasteiger partial charge is 0.495 e. The lowest BCUT2D eigenvalue weighted by molar-refractivity contribution is 0.249. The average Bonchev–Trinajstić information content (AvgIpc) is 2.75. The SMILES string of the molecule is COc1ccccc1N1CCN(Cc2cncc(-c3ccccc3)c2)CC1.Cl.Cl.Cl.O.O. The molecule has 2 aromatic carbocycles. The van der Waals surface area contributed by atoms with Crippen LogP contribution in [0.4, 0.5) is 5.69 Å². The third-order valence-corrected chi connectivity index (χ3v) is 5.11. The lowest BCUT2D eigenvalue weighted by Crippen LogP contribution is -2.46. The molecule has 178 valence electrons. The number of halogens is 3. The Balaban J connectivity index is 0. The number of methoxy groups -OCH3 is 1. The number of rotatable bonds is 5. The van der Waals surface area contributed by atoms with Gasteiger partial charge in [-0.15, -0.1) is 37.2 Å². The summed E-state index contributed by atoms with van der Waals surface area (Å²) in [5.74, 6) is 0.950. The van der Waals surface area contributed by atoms with Crippen LogP contribution >= 0.6 is 37.2 Å². The number of nitrogens with zero attached hydrogens (tertiary/aromatic N) is 3. The lowest BCUT2D eigenvalue weighted by Gasteiger charge is -2.36. The zero-order valence-corrected chi connectivity index (χ0v) is 20.4. The zero-order chi connectivity index (χ0) is 18.5. The number of anilines is 1. The van der Waals surface area contributed by atoms with Gasteiger partial charge in [-0.25, -0.2) is 0 Å². The Bertz CT molecular complexity index is 896. The van der Waals surface area contributed by atoms with Gasteiger partial charge in [0.1, 0.15) is 5.75 Å². The Kier molecular flexibility index (Phi) is 15.8. The minimum absolute atomic E-state index is 0. The van der Waals surface area contributed by atoms with Gasteiger partial charge in [0, 0.05) is 50.7 Å². The highest BCUT2D eigenvalue weighted by Gasteiger charge is 2.19. The summed E-state index contributed by atoms with van der Waals surface area (Å²) in [6.07, 6.45) is 3.93. The van der Waals surface area contributed by atoms with E-state index >= 15 is 0 Å². The highest BCUT2D eigenvalue weighted by Crippen LogP contribution is 2.28. The molecular weight excluding hydrogens is 473 g/mol. The first kappa shape index (κ1) is 32.1. The van der Waals surface area contributed by atoms with E-state index < -0.39 is 0 Å². The summed E-state index contributed by atoms with van der Waals surface area (Å²) >= 11 is 0. The van der Waals surface area contributed by atoms with Gasteiger partial charge in [-0.3, -0.25) is 9.88 Å². The van der Waals surface area contributed by atoms with Gasteiger partial charge < -0.3 is 20.6 Å². The topological polar surface area (TPSA) is 91.6 Å². The molecule has 1 aliphatic heterocycles. The van der Waals surface area contributed by atoms with Crippen molar-refractivity contribution in [2.24, 2.45) is 0 Å². The first-order valence-corrected chi connectivity index (χ1v) is 9.43. The van der Waals surface area contributed by atoms with Crippen LogP contribution in [0.5, 0.6) is 5.75 Å². The van der Waals surface area contributed by atoms with Crippen LogP contribution in [0, 0.1) is 0 Å². The molecule has 2 heterocycles. The van der Waals surface area contributed by atoms with Crippen molar-refractivity contribution >= 4 is 42.9 Å². The molecule has 32 heavy (non-hydrogen) atoms. The fraction of sp³-hybridized carbons (Fsp3) is 0.261. The molecule has 9 heteroatoms. The highest BCUT2D eigenvalue weighted by molar-refractivity contribution is 5.86. The van der Waals surface area contributed by atoms with E-state index in [2.05, 4.69) is 57.2 Å². The van der Waals surface area contributed by atoms with E-state index in [1.807, 2.05) is 30.6 Å². The Morgan fingerprint density at radius 1 is 0.781 bits per heavy atom. The van der Waals surface area contributed by atoms with Gasteiger partial charge in [-0.05, 0) is 29.3 Å². The number of hydrogen-bond donors (Lipinski definition) is 0. The van der Waals surface area contributed by atoms with E-state index in [-0.39, 0.29) is 48.2 Å². The quantitative estimate of drug-likeness (QED) is 0.530. The van der Waals surface area contributed by atoms with Crippen LogP contribution in [0.1, 0.15) is 5.56 Å². The molecular formula is C23H32Cl3N3O3. The molecule has 0 spiro atoms. The van der Waals surface area contributed by atoms with Crippen molar-refractivity contribution in [3.05, 3.63) is 78.6 Å². The molecule has 1 aliphatic rings. The van der Waals surface area contributed by atoms with Gasteiger partial charge in [0.05, 0.1) is 12.8 Å². The number of ether oxygens (including phenoxy) is 1. The van der Waals surface area contributed by atoms with Gasteiger partial charge in [0.2, 0.25) is 0 Å². The molecule has 4 N–H and O–H groups in total. The van der Waals surface area contributed by atoms with Crippen LogP contribution in [0.25, 0.3) is 11.1 Å². The summed E-state index contributed by atoms with van der Waals surface area (Å²) in [4.78, 5) is 9.37. The van der Waals surface area contributed by atoms with Crippen molar-refractivity contribution in [1.82, 2.24) is 9.88 Å². The van der Waals surface area contributed by atoms with Gasteiger partial charge in [0.15, 0.2) is 0 Å². The maximum atomic E-state index is 5.51. The summed E-state index contributed by atoms with van der Waals surface area (Å²) in [6.45, 7) is 5.02. The van der Waals surface area contributed by atoms with E-state index in [1.165, 1.54) is 22.4 Å². The van der Waals surface area contributed by atoms with Gasteiger partial charge in [0.25, 0.3) is 0 Å². The number of pyridine rings is 1. The van der Waals surface area contributed by atoms with Gasteiger partial charge >= 0.3 is 0 Å². The number of para-hydroxylation sites is 2. The lowest BCUT2D eigenvalue weighted by atomic mass is 10.1. The molecule has 0 atom stereocenters. The van der Waals surface area contributed by atoms with E-state index in [1.54, 1.807) is 7.11 Å². The minimum atomic E-state index is 0. The first-order chi connectivity index (χ1) is 13.3. The van der Waals surface area contributed by atoms with Crippen LogP contribution < -0.4 is 9.64 Å². The molecule has 1 saturated heterocycles. The second kappa shape index (κ2) is 15.7. The number of benzene rings is 2. The van der Waals surface area contributed by atoms with Crippen molar-refractivity contribution in [2.45, 2.75) is 6.54 Å². The molecule has 4 rings (SSSR count). The van der Waals surface area contributed by atoms with Crippen molar-refractivity contribution < 1.29 is 15.7 Å². The average molecular weight is 505 g/mol. The standard InChI is InChI=1S/C23H25N3O.3ClH.2H2O/c1-27-23-10-6-5-9-22(23)26-13-11-25(12-14-26)18-19-15-21(17-24-16-19)20-7-3-2-4-8-20;;;;;/h2-10,15-17H,11-14,18H2,1H3;3*1H;2*1H2. The Labute approximate surface area is 208 Å². The Morgan fingerprint density at radius 3 is 2.06 bits per heavy atom. The maximum Gasteiger partial charge on any atom is 0.142 e. The van der Waals surface area contributed by atoms with Crippen molar-refractivity contribution in [3.8, 4) is 16.9 Å². The molecule has 3 aromatic rings. The number of aromatic nitrogens is 1. The fourth-order valence-corrected chi connectivity index (χ4v) is 3.66. The van der Waals surface area contributed by atoms with Crippen LogP contribution in [-0.2, 0) is 6.54 Å². The van der Waals surface area contributed by atoms with Crippen LogP contribution in [0.15, 0.2) is 73.1 Å². The molecule has 0 bridgehead atoms. The van der Waals surface area contributed by atoms with E-state index in [9.17, 15) is 0 Å². The number of hydrogen-bond acceptors (Lipinski definition) is 4. The van der Waals surface area contributed by atoms with E-state index in [4.69, 9.17) is 4.74 Å². The number of piperazine rings is 1. The van der Waals surface area contributed by atoms with Crippen LogP contribution in [0.2, 0.25) is 0 Å². The summed E-state index contributed by atoms with van der Waals surface area (Å²) in [5.41, 5.74) is 4.85. The smallest absolute Gasteiger partial charge is 0.142 e. The van der Waals surface area contributed by atoms with Gasteiger partial charge in [-0.1, -0.05) is 42.5 Å². The normalized spacial score (nSPS) is 12.6. The van der Waals surface area contributed by atoms with Crippen molar-refractivity contribution in [2.75, 3.05) is 38.2 Å². The molecule has 0 unspecified atom stereocenters. The molecule has 0 amide bonds. The third kappa shape index (κ3) is 7.81. The first-order valence-electron chi connectivity index (χ1n) is 9.43. The summed E-state index contributed by atoms with van der Waals surface area (Å²) in [5, 5.41) is 0. The molecule has 0 saturated carbocycles. The van der Waals surface area contributed by atoms with E-state index in [0.29, 0.717) is 0 Å². The molecule has 6 nitrogen and oxygen atoms in total. The van der Waals surface area contributed by atoms with Crippen molar-refractivity contribution in [1.29, 1.82) is 0 Å². The third-order valence-electron chi connectivity index (χ3n) is 5.11.